The van der Waals surface area contributed by atoms with E-state index in [4.69, 9.17) is 21.1 Å². The lowest BCUT2D eigenvalue weighted by atomic mass is 9.96. The van der Waals surface area contributed by atoms with Gasteiger partial charge in [0.25, 0.3) is 5.60 Å². The molecule has 0 saturated carbocycles. The van der Waals surface area contributed by atoms with Crippen LogP contribution in [0.15, 0.2) is 30.3 Å². The summed E-state index contributed by atoms with van der Waals surface area (Å²) >= 11 is 5.96. The van der Waals surface area contributed by atoms with E-state index in [0.29, 0.717) is 23.6 Å². The number of hydrogen-bond donors (Lipinski definition) is 2. The summed E-state index contributed by atoms with van der Waals surface area (Å²) in [5.41, 5.74) is -1.64. The predicted octanol–water partition coefficient (Wildman–Crippen LogP) is 2.88. The van der Waals surface area contributed by atoms with Gasteiger partial charge in [-0.25, -0.2) is 9.59 Å². The summed E-state index contributed by atoms with van der Waals surface area (Å²) in [5.74, 6) is -3.18. The number of aliphatic carboxylic acids is 2. The highest BCUT2D eigenvalue weighted by atomic mass is 35.5. The Hall–Kier alpha value is -2.22. The minimum absolute atomic E-state index is 0.278. The van der Waals surface area contributed by atoms with Crippen molar-refractivity contribution < 1.29 is 29.3 Å². The molecule has 138 valence electrons. The monoisotopic (exact) mass is 379 g/mol. The molecular weight excluding hydrogens is 362 g/mol. The number of carboxylic acids is 2. The smallest absolute Gasteiger partial charge is 0.348 e. The van der Waals surface area contributed by atoms with Crippen molar-refractivity contribution in [3.63, 3.8) is 0 Å². The summed E-state index contributed by atoms with van der Waals surface area (Å²) in [4.78, 5) is 28.0. The van der Waals surface area contributed by atoms with Crippen molar-refractivity contribution in [2.75, 3.05) is 6.61 Å². The van der Waals surface area contributed by atoms with Gasteiger partial charge < -0.3 is 19.7 Å². The molecule has 0 radical (unpaired) electrons. The highest BCUT2D eigenvalue weighted by molar-refractivity contribution is 6.31. The van der Waals surface area contributed by atoms with Gasteiger partial charge in [-0.15, -0.1) is 0 Å². The normalized spacial score (nSPS) is 18.0. The average molecular weight is 380 g/mol. The van der Waals surface area contributed by atoms with Crippen LogP contribution < -0.4 is 0 Å². The Labute approximate surface area is 154 Å². The Morgan fingerprint density at radius 1 is 1.23 bits per heavy atom. The van der Waals surface area contributed by atoms with Crippen LogP contribution in [0.4, 0.5) is 0 Å². The highest BCUT2D eigenvalue weighted by Gasteiger charge is 2.50. The van der Waals surface area contributed by atoms with Crippen LogP contribution in [0.1, 0.15) is 25.0 Å². The highest BCUT2D eigenvalue weighted by Crippen LogP contribution is 2.26. The molecule has 1 aromatic carbocycles. The predicted molar refractivity (Wildman–Crippen MR) is 93.1 cm³/mol. The third kappa shape index (κ3) is 3.80. The SMILES string of the molecule is O=C(O)C(Cc1ccc2ccc(Cl)cc2n1)(OC1CCCCO1)C(=O)O. The molecule has 1 aliphatic heterocycles. The molecule has 8 heteroatoms. The van der Waals surface area contributed by atoms with Gasteiger partial charge in [0.15, 0.2) is 6.29 Å². The first-order valence-electron chi connectivity index (χ1n) is 8.22. The number of aromatic nitrogens is 1. The van der Waals surface area contributed by atoms with E-state index in [9.17, 15) is 19.8 Å². The zero-order valence-electron chi connectivity index (χ0n) is 13.9. The summed E-state index contributed by atoms with van der Waals surface area (Å²) in [6.07, 6.45) is 0.765. The summed E-state index contributed by atoms with van der Waals surface area (Å²) < 4.78 is 10.8. The van der Waals surface area contributed by atoms with Crippen LogP contribution in [-0.2, 0) is 25.5 Å². The molecule has 2 heterocycles. The minimum Gasteiger partial charge on any atom is -0.479 e. The number of carboxylic acid groups (broad SMARTS) is 2. The third-order valence-electron chi connectivity index (χ3n) is 4.30. The summed E-state index contributed by atoms with van der Waals surface area (Å²) in [6.45, 7) is 0.409. The molecule has 0 amide bonds. The molecule has 2 aromatic rings. The first-order valence-corrected chi connectivity index (χ1v) is 8.60. The summed E-state index contributed by atoms with van der Waals surface area (Å²) in [7, 11) is 0. The third-order valence-corrected chi connectivity index (χ3v) is 4.54. The Balaban J connectivity index is 1.94. The lowest BCUT2D eigenvalue weighted by molar-refractivity contribution is -0.236. The van der Waals surface area contributed by atoms with E-state index in [2.05, 4.69) is 4.98 Å². The maximum atomic E-state index is 11.8. The quantitative estimate of drug-likeness (QED) is 0.743. The maximum Gasteiger partial charge on any atom is 0.348 e. The van der Waals surface area contributed by atoms with Gasteiger partial charge in [0.05, 0.1) is 5.52 Å². The van der Waals surface area contributed by atoms with Gasteiger partial charge in [0, 0.05) is 29.1 Å². The molecule has 1 aliphatic rings. The average Bonchev–Trinajstić information content (AvgIpc) is 2.61. The van der Waals surface area contributed by atoms with E-state index in [-0.39, 0.29) is 5.69 Å². The van der Waals surface area contributed by atoms with Crippen molar-refractivity contribution in [2.24, 2.45) is 0 Å². The van der Waals surface area contributed by atoms with Crippen molar-refractivity contribution in [3.05, 3.63) is 41.0 Å². The number of ether oxygens (including phenoxy) is 2. The van der Waals surface area contributed by atoms with Crippen LogP contribution in [0.5, 0.6) is 0 Å². The molecule has 1 saturated heterocycles. The van der Waals surface area contributed by atoms with Crippen molar-refractivity contribution in [3.8, 4) is 0 Å². The molecule has 2 N–H and O–H groups in total. The molecule has 3 rings (SSSR count). The number of hydrogen-bond acceptors (Lipinski definition) is 5. The number of pyridine rings is 1. The lowest BCUT2D eigenvalue weighted by Crippen LogP contribution is -2.54. The van der Waals surface area contributed by atoms with E-state index < -0.39 is 30.3 Å². The Morgan fingerprint density at radius 2 is 1.96 bits per heavy atom. The number of benzene rings is 1. The first kappa shape index (κ1) is 18.6. The molecule has 1 atom stereocenters. The van der Waals surface area contributed by atoms with Crippen LogP contribution in [0.2, 0.25) is 5.02 Å². The van der Waals surface area contributed by atoms with E-state index in [0.717, 1.165) is 18.2 Å². The first-order chi connectivity index (χ1) is 12.4. The molecular formula is C18H18ClNO6. The Morgan fingerprint density at radius 3 is 2.62 bits per heavy atom. The van der Waals surface area contributed by atoms with Crippen LogP contribution >= 0.6 is 11.6 Å². The number of halogens is 1. The molecule has 0 aliphatic carbocycles. The van der Waals surface area contributed by atoms with Crippen molar-refractivity contribution in [1.29, 1.82) is 0 Å². The Bertz CT molecular complexity index is 820. The van der Waals surface area contributed by atoms with E-state index in [1.54, 1.807) is 30.3 Å². The summed E-state index contributed by atoms with van der Waals surface area (Å²) in [6, 6.07) is 8.45. The number of carbonyl (C=O) groups is 2. The van der Waals surface area contributed by atoms with Gasteiger partial charge in [0.2, 0.25) is 0 Å². The van der Waals surface area contributed by atoms with Crippen LogP contribution in [-0.4, -0.2) is 45.6 Å². The minimum atomic E-state index is -2.47. The largest absolute Gasteiger partial charge is 0.479 e. The molecule has 26 heavy (non-hydrogen) atoms. The number of nitrogens with zero attached hydrogens (tertiary/aromatic N) is 1. The molecule has 0 bridgehead atoms. The van der Waals surface area contributed by atoms with Crippen molar-refractivity contribution >= 4 is 34.4 Å². The van der Waals surface area contributed by atoms with E-state index >= 15 is 0 Å². The van der Waals surface area contributed by atoms with Crippen molar-refractivity contribution in [1.82, 2.24) is 4.98 Å². The second-order valence-corrected chi connectivity index (χ2v) is 6.60. The van der Waals surface area contributed by atoms with Crippen LogP contribution in [0.25, 0.3) is 10.9 Å². The van der Waals surface area contributed by atoms with Crippen LogP contribution in [0, 0.1) is 0 Å². The topological polar surface area (TPSA) is 106 Å². The van der Waals surface area contributed by atoms with Gasteiger partial charge in [-0.1, -0.05) is 23.7 Å². The molecule has 7 nitrogen and oxygen atoms in total. The molecule has 1 fully saturated rings. The zero-order valence-corrected chi connectivity index (χ0v) is 14.6. The van der Waals surface area contributed by atoms with Crippen LogP contribution in [0.3, 0.4) is 0 Å². The van der Waals surface area contributed by atoms with Gasteiger partial charge in [-0.05, 0) is 37.5 Å². The van der Waals surface area contributed by atoms with Gasteiger partial charge in [0.1, 0.15) is 0 Å². The molecule has 1 aromatic heterocycles. The zero-order chi connectivity index (χ0) is 18.7. The number of fused-ring (bicyclic) bond motifs is 1. The Kier molecular flexibility index (Phi) is 5.41. The molecule has 1 unspecified atom stereocenters. The second-order valence-electron chi connectivity index (χ2n) is 6.17. The van der Waals surface area contributed by atoms with E-state index in [1.807, 2.05) is 0 Å². The van der Waals surface area contributed by atoms with Crippen molar-refractivity contribution in [2.45, 2.75) is 37.6 Å². The fourth-order valence-electron chi connectivity index (χ4n) is 2.90. The standard InChI is InChI=1S/C18H18ClNO6/c19-12-6-4-11-5-7-13(20-14(11)9-12)10-18(16(21)22,17(23)24)26-15-3-1-2-8-25-15/h4-7,9,15H,1-3,8,10H2,(H,21,22)(H,23,24). The maximum absolute atomic E-state index is 11.8. The van der Waals surface area contributed by atoms with Gasteiger partial charge in [-0.3, -0.25) is 4.98 Å². The van der Waals surface area contributed by atoms with E-state index in [1.165, 1.54) is 0 Å². The lowest BCUT2D eigenvalue weighted by Gasteiger charge is -2.31. The van der Waals surface area contributed by atoms with Gasteiger partial charge in [-0.2, -0.15) is 0 Å². The number of rotatable bonds is 6. The fraction of sp³-hybridized carbons (Fsp3) is 0.389. The fourth-order valence-corrected chi connectivity index (χ4v) is 3.07. The second kappa shape index (κ2) is 7.57. The summed E-state index contributed by atoms with van der Waals surface area (Å²) in [5, 5.41) is 20.6. The molecule has 0 spiro atoms. The van der Waals surface area contributed by atoms with Gasteiger partial charge >= 0.3 is 11.9 Å².